The van der Waals surface area contributed by atoms with Gasteiger partial charge in [-0.1, -0.05) is 12.8 Å². The van der Waals surface area contributed by atoms with Crippen molar-refractivity contribution in [3.05, 3.63) is 35.4 Å². The average molecular weight is 212 g/mol. The van der Waals surface area contributed by atoms with Crippen LogP contribution < -0.4 is 0 Å². The van der Waals surface area contributed by atoms with E-state index in [1.165, 1.54) is 12.1 Å². The standard InChI is InChI=1S/C12H14F2O/c13-10-5-9(6-11(14)7-10)12(8-15)3-1-2-4-12/h5-7,15H,1-4,8H2. The molecule has 0 saturated heterocycles. The first kappa shape index (κ1) is 10.6. The molecule has 0 atom stereocenters. The molecule has 1 aromatic rings. The largest absolute Gasteiger partial charge is 0.395 e. The fraction of sp³-hybridized carbons (Fsp3) is 0.500. The average Bonchev–Trinajstić information content (AvgIpc) is 2.65. The third-order valence-electron chi connectivity index (χ3n) is 3.34. The van der Waals surface area contributed by atoms with Gasteiger partial charge in [0.05, 0.1) is 6.61 Å². The molecule has 2 rings (SSSR count). The Kier molecular flexibility index (Phi) is 2.74. The van der Waals surface area contributed by atoms with Gasteiger partial charge in [0.1, 0.15) is 11.6 Å². The lowest BCUT2D eigenvalue weighted by molar-refractivity contribution is 0.195. The summed E-state index contributed by atoms with van der Waals surface area (Å²) in [5.74, 6) is -1.13. The van der Waals surface area contributed by atoms with Gasteiger partial charge < -0.3 is 5.11 Å². The van der Waals surface area contributed by atoms with Crippen molar-refractivity contribution in [1.29, 1.82) is 0 Å². The highest BCUT2D eigenvalue weighted by Gasteiger charge is 2.35. The summed E-state index contributed by atoms with van der Waals surface area (Å²) in [6, 6.07) is 3.54. The molecule has 1 nitrogen and oxygen atoms in total. The molecular weight excluding hydrogens is 198 g/mol. The molecular formula is C12H14F2O. The molecule has 1 saturated carbocycles. The van der Waals surface area contributed by atoms with Gasteiger partial charge in [-0.25, -0.2) is 8.78 Å². The molecule has 1 aromatic carbocycles. The van der Waals surface area contributed by atoms with Crippen molar-refractivity contribution in [3.63, 3.8) is 0 Å². The van der Waals surface area contributed by atoms with Crippen LogP contribution in [-0.4, -0.2) is 11.7 Å². The molecule has 0 aliphatic heterocycles. The summed E-state index contributed by atoms with van der Waals surface area (Å²) in [6.07, 6.45) is 3.65. The summed E-state index contributed by atoms with van der Waals surface area (Å²) in [5, 5.41) is 9.41. The molecule has 1 fully saturated rings. The van der Waals surface area contributed by atoms with E-state index in [2.05, 4.69) is 0 Å². The summed E-state index contributed by atoms with van der Waals surface area (Å²) >= 11 is 0. The van der Waals surface area contributed by atoms with Crippen LogP contribution in [0.4, 0.5) is 8.78 Å². The molecule has 1 N–H and O–H groups in total. The molecule has 0 amide bonds. The fourth-order valence-corrected chi connectivity index (χ4v) is 2.45. The molecule has 0 spiro atoms. The maximum absolute atomic E-state index is 13.1. The molecule has 1 aliphatic carbocycles. The van der Waals surface area contributed by atoms with Gasteiger partial charge in [0.2, 0.25) is 0 Å². The zero-order valence-electron chi connectivity index (χ0n) is 8.47. The summed E-state index contributed by atoms with van der Waals surface area (Å²) in [7, 11) is 0. The molecule has 1 aliphatic rings. The third kappa shape index (κ3) is 1.88. The Hall–Kier alpha value is -0.960. The molecule has 0 aromatic heterocycles. The van der Waals surface area contributed by atoms with Crippen LogP contribution in [0.1, 0.15) is 31.2 Å². The second kappa shape index (κ2) is 3.89. The van der Waals surface area contributed by atoms with Gasteiger partial charge in [-0.3, -0.25) is 0 Å². The predicted molar refractivity (Wildman–Crippen MR) is 53.6 cm³/mol. The van der Waals surface area contributed by atoms with Crippen LogP contribution in [0.2, 0.25) is 0 Å². The van der Waals surface area contributed by atoms with Gasteiger partial charge in [0.25, 0.3) is 0 Å². The van der Waals surface area contributed by atoms with Crippen LogP contribution >= 0.6 is 0 Å². The van der Waals surface area contributed by atoms with E-state index in [9.17, 15) is 13.9 Å². The maximum Gasteiger partial charge on any atom is 0.126 e. The monoisotopic (exact) mass is 212 g/mol. The zero-order valence-corrected chi connectivity index (χ0v) is 8.47. The Balaban J connectivity index is 2.42. The predicted octanol–water partition coefficient (Wildman–Crippen LogP) is 2.77. The first-order valence-electron chi connectivity index (χ1n) is 5.24. The number of benzene rings is 1. The van der Waals surface area contributed by atoms with Crippen molar-refractivity contribution < 1.29 is 13.9 Å². The number of hydrogen-bond acceptors (Lipinski definition) is 1. The fourth-order valence-electron chi connectivity index (χ4n) is 2.45. The van der Waals surface area contributed by atoms with Crippen molar-refractivity contribution in [2.24, 2.45) is 0 Å². The van der Waals surface area contributed by atoms with Crippen molar-refractivity contribution in [2.75, 3.05) is 6.61 Å². The first-order valence-corrected chi connectivity index (χ1v) is 5.24. The van der Waals surface area contributed by atoms with Gasteiger partial charge in [-0.2, -0.15) is 0 Å². The number of hydrogen-bond donors (Lipinski definition) is 1. The van der Waals surface area contributed by atoms with Crippen LogP contribution in [-0.2, 0) is 5.41 Å². The van der Waals surface area contributed by atoms with E-state index in [1.807, 2.05) is 0 Å². The van der Waals surface area contributed by atoms with Crippen molar-refractivity contribution in [3.8, 4) is 0 Å². The Morgan fingerprint density at radius 2 is 1.60 bits per heavy atom. The highest BCUT2D eigenvalue weighted by Crippen LogP contribution is 2.40. The first-order chi connectivity index (χ1) is 7.16. The van der Waals surface area contributed by atoms with E-state index in [4.69, 9.17) is 0 Å². The van der Waals surface area contributed by atoms with Crippen LogP contribution in [0, 0.1) is 11.6 Å². The Morgan fingerprint density at radius 1 is 1.07 bits per heavy atom. The highest BCUT2D eigenvalue weighted by atomic mass is 19.1. The van der Waals surface area contributed by atoms with E-state index in [-0.39, 0.29) is 6.61 Å². The normalized spacial score (nSPS) is 19.4. The van der Waals surface area contributed by atoms with Gasteiger partial charge in [0, 0.05) is 11.5 Å². The van der Waals surface area contributed by atoms with E-state index < -0.39 is 17.0 Å². The van der Waals surface area contributed by atoms with Crippen molar-refractivity contribution >= 4 is 0 Å². The number of aliphatic hydroxyl groups is 1. The molecule has 0 bridgehead atoms. The molecule has 3 heteroatoms. The topological polar surface area (TPSA) is 20.2 Å². The van der Waals surface area contributed by atoms with Crippen LogP contribution in [0.15, 0.2) is 18.2 Å². The Labute approximate surface area is 87.7 Å². The van der Waals surface area contributed by atoms with Gasteiger partial charge in [-0.15, -0.1) is 0 Å². The summed E-state index contributed by atoms with van der Waals surface area (Å²) in [5.41, 5.74) is 0.183. The lowest BCUT2D eigenvalue weighted by Crippen LogP contribution is -2.27. The van der Waals surface area contributed by atoms with Gasteiger partial charge in [0.15, 0.2) is 0 Å². The minimum atomic E-state index is -0.565. The second-order valence-electron chi connectivity index (χ2n) is 4.30. The van der Waals surface area contributed by atoms with Crippen LogP contribution in [0.3, 0.4) is 0 Å². The van der Waals surface area contributed by atoms with Crippen LogP contribution in [0.25, 0.3) is 0 Å². The number of halogens is 2. The molecule has 0 heterocycles. The van der Waals surface area contributed by atoms with E-state index >= 15 is 0 Å². The minimum Gasteiger partial charge on any atom is -0.395 e. The van der Waals surface area contributed by atoms with E-state index in [0.717, 1.165) is 31.7 Å². The quantitative estimate of drug-likeness (QED) is 0.799. The maximum atomic E-state index is 13.1. The van der Waals surface area contributed by atoms with Gasteiger partial charge >= 0.3 is 0 Å². The van der Waals surface area contributed by atoms with E-state index in [0.29, 0.717) is 5.56 Å². The number of aliphatic hydroxyl groups excluding tert-OH is 1. The lowest BCUT2D eigenvalue weighted by Gasteiger charge is -2.27. The molecule has 15 heavy (non-hydrogen) atoms. The zero-order chi connectivity index (χ0) is 10.9. The molecule has 82 valence electrons. The van der Waals surface area contributed by atoms with Crippen molar-refractivity contribution in [2.45, 2.75) is 31.1 Å². The number of rotatable bonds is 2. The van der Waals surface area contributed by atoms with Gasteiger partial charge in [-0.05, 0) is 30.5 Å². The van der Waals surface area contributed by atoms with Crippen LogP contribution in [0.5, 0.6) is 0 Å². The molecule has 0 radical (unpaired) electrons. The van der Waals surface area contributed by atoms with E-state index in [1.54, 1.807) is 0 Å². The summed E-state index contributed by atoms with van der Waals surface area (Å²) in [4.78, 5) is 0. The summed E-state index contributed by atoms with van der Waals surface area (Å²) < 4.78 is 26.1. The lowest BCUT2D eigenvalue weighted by atomic mass is 9.79. The summed E-state index contributed by atoms with van der Waals surface area (Å²) in [6.45, 7) is -0.0319. The molecule has 0 unspecified atom stereocenters. The Bertz CT molecular complexity index is 336. The van der Waals surface area contributed by atoms with Crippen molar-refractivity contribution in [1.82, 2.24) is 0 Å². The smallest absolute Gasteiger partial charge is 0.126 e. The third-order valence-corrected chi connectivity index (χ3v) is 3.34. The second-order valence-corrected chi connectivity index (χ2v) is 4.30. The SMILES string of the molecule is OCC1(c2cc(F)cc(F)c2)CCCC1. The highest BCUT2D eigenvalue weighted by molar-refractivity contribution is 5.28. The minimum absolute atomic E-state index is 0.0319. The Morgan fingerprint density at radius 3 is 2.07 bits per heavy atom.